The van der Waals surface area contributed by atoms with Gasteiger partial charge in [0.1, 0.15) is 16.0 Å². The van der Waals surface area contributed by atoms with Crippen LogP contribution in [-0.4, -0.2) is 21.8 Å². The lowest BCUT2D eigenvalue weighted by atomic mass is 9.55. The van der Waals surface area contributed by atoms with Crippen LogP contribution in [0.25, 0.3) is 0 Å². The van der Waals surface area contributed by atoms with E-state index in [1.165, 1.54) is 0 Å². The minimum absolute atomic E-state index is 0.264. The number of hydrogen-bond donors (Lipinski definition) is 1. The fraction of sp³-hybridized carbons (Fsp3) is 0.200. The molecule has 1 N–H and O–H groups in total. The van der Waals surface area contributed by atoms with E-state index in [1.807, 2.05) is 19.1 Å². The number of pyridine rings is 2. The molecule has 0 saturated carbocycles. The number of amides is 2. The van der Waals surface area contributed by atoms with Crippen LogP contribution in [0.2, 0.25) is 5.15 Å². The Morgan fingerprint density at radius 2 is 1.88 bits per heavy atom. The highest BCUT2D eigenvalue weighted by Crippen LogP contribution is 2.55. The highest BCUT2D eigenvalue weighted by molar-refractivity contribution is 6.29. The lowest BCUT2D eigenvalue weighted by Gasteiger charge is -2.42. The van der Waals surface area contributed by atoms with Gasteiger partial charge in [-0.15, -0.1) is 0 Å². The van der Waals surface area contributed by atoms with Crippen molar-refractivity contribution in [3.63, 3.8) is 0 Å². The van der Waals surface area contributed by atoms with Gasteiger partial charge in [-0.05, 0) is 36.3 Å². The Balaban J connectivity index is 2.13. The van der Waals surface area contributed by atoms with Gasteiger partial charge in [0.05, 0.1) is 11.4 Å². The van der Waals surface area contributed by atoms with Crippen LogP contribution in [0.15, 0.2) is 66.4 Å². The van der Waals surface area contributed by atoms with Crippen LogP contribution < -0.4 is 5.32 Å². The van der Waals surface area contributed by atoms with E-state index in [2.05, 4.69) is 15.3 Å². The van der Waals surface area contributed by atoms with Gasteiger partial charge in [0, 0.05) is 6.20 Å². The van der Waals surface area contributed by atoms with Gasteiger partial charge in [-0.3, -0.25) is 19.9 Å². The summed E-state index contributed by atoms with van der Waals surface area (Å²) in [5.74, 6) is -0.807. The molecule has 0 spiro atoms. The fourth-order valence-corrected chi connectivity index (χ4v) is 4.31. The molecule has 5 nitrogen and oxygen atoms in total. The van der Waals surface area contributed by atoms with Crippen LogP contribution in [0.5, 0.6) is 0 Å². The first-order valence-corrected chi connectivity index (χ1v) is 8.74. The molecule has 26 heavy (non-hydrogen) atoms. The largest absolute Gasteiger partial charge is 0.294 e. The predicted molar refractivity (Wildman–Crippen MR) is 97.5 cm³/mol. The summed E-state index contributed by atoms with van der Waals surface area (Å²) in [7, 11) is 0. The first-order valence-electron chi connectivity index (χ1n) is 8.36. The molecule has 2 unspecified atom stereocenters. The van der Waals surface area contributed by atoms with Crippen LogP contribution in [0.4, 0.5) is 0 Å². The van der Waals surface area contributed by atoms with E-state index in [9.17, 15) is 9.59 Å². The van der Waals surface area contributed by atoms with Crippen molar-refractivity contribution >= 4 is 23.4 Å². The Kier molecular flexibility index (Phi) is 3.77. The van der Waals surface area contributed by atoms with Crippen LogP contribution in [0, 0.1) is 0 Å². The minimum atomic E-state index is -1.33. The van der Waals surface area contributed by atoms with E-state index in [1.54, 1.807) is 48.7 Å². The number of hydrogen-bond acceptors (Lipinski definition) is 4. The number of aromatic nitrogens is 2. The molecule has 0 aromatic carbocycles. The number of carbonyl (C=O) groups is 2. The molecule has 1 aliphatic carbocycles. The average molecular weight is 366 g/mol. The van der Waals surface area contributed by atoms with E-state index < -0.39 is 16.7 Å². The Morgan fingerprint density at radius 3 is 2.58 bits per heavy atom. The van der Waals surface area contributed by atoms with Gasteiger partial charge in [-0.25, -0.2) is 4.98 Å². The molecule has 0 bridgehead atoms. The Bertz CT molecular complexity index is 970. The smallest absolute Gasteiger partial charge is 0.244 e. The van der Waals surface area contributed by atoms with Crippen molar-refractivity contribution in [1.29, 1.82) is 0 Å². The van der Waals surface area contributed by atoms with Crippen molar-refractivity contribution in [1.82, 2.24) is 15.3 Å². The average Bonchev–Trinajstić information content (AvgIpc) is 2.91. The monoisotopic (exact) mass is 365 g/mol. The summed E-state index contributed by atoms with van der Waals surface area (Å²) in [5, 5.41) is 2.79. The second kappa shape index (κ2) is 5.88. The van der Waals surface area contributed by atoms with Gasteiger partial charge in [0.2, 0.25) is 11.8 Å². The van der Waals surface area contributed by atoms with Crippen molar-refractivity contribution in [2.24, 2.45) is 0 Å². The molecular weight excluding hydrogens is 350 g/mol. The lowest BCUT2D eigenvalue weighted by Crippen LogP contribution is -2.54. The normalized spacial score (nSPS) is 27.1. The first-order chi connectivity index (χ1) is 12.6. The van der Waals surface area contributed by atoms with E-state index in [4.69, 9.17) is 11.6 Å². The molecule has 2 aromatic heterocycles. The maximum Gasteiger partial charge on any atom is 0.244 e. The van der Waals surface area contributed by atoms with Gasteiger partial charge >= 0.3 is 0 Å². The number of carbonyl (C=O) groups excluding carboxylic acids is 2. The number of allylic oxidation sites excluding steroid dienone is 2. The molecule has 1 saturated heterocycles. The molecule has 4 rings (SSSR count). The summed E-state index contributed by atoms with van der Waals surface area (Å²) in [6.45, 7) is 1.96. The summed E-state index contributed by atoms with van der Waals surface area (Å²) in [4.78, 5) is 35.3. The maximum absolute atomic E-state index is 13.3. The summed E-state index contributed by atoms with van der Waals surface area (Å²) >= 11 is 6.11. The SMILES string of the molecule is CCC1=CC=CC2(c3cccc(Cl)n3)C(=O)NC(=O)C12c1ccccn1. The van der Waals surface area contributed by atoms with E-state index >= 15 is 0 Å². The summed E-state index contributed by atoms with van der Waals surface area (Å²) in [6, 6.07) is 10.5. The molecule has 2 atom stereocenters. The van der Waals surface area contributed by atoms with Crippen LogP contribution in [0.1, 0.15) is 24.7 Å². The van der Waals surface area contributed by atoms with Crippen molar-refractivity contribution in [2.45, 2.75) is 24.2 Å². The molecule has 6 heteroatoms. The molecule has 1 aliphatic heterocycles. The molecule has 1 fully saturated rings. The zero-order valence-corrected chi connectivity index (χ0v) is 14.8. The Hall–Kier alpha value is -2.79. The number of rotatable bonds is 3. The maximum atomic E-state index is 13.3. The Labute approximate surface area is 155 Å². The molecule has 0 radical (unpaired) electrons. The quantitative estimate of drug-likeness (QED) is 0.670. The van der Waals surface area contributed by atoms with Gasteiger partial charge < -0.3 is 0 Å². The van der Waals surface area contributed by atoms with Crippen LogP contribution >= 0.6 is 11.6 Å². The number of nitrogens with one attached hydrogen (secondary N) is 1. The molecular formula is C20H16ClN3O2. The third-order valence-corrected chi connectivity index (χ3v) is 5.40. The highest BCUT2D eigenvalue weighted by atomic mass is 35.5. The van der Waals surface area contributed by atoms with E-state index in [0.29, 0.717) is 17.8 Å². The number of nitrogens with zero attached hydrogens (tertiary/aromatic N) is 2. The predicted octanol–water partition coefficient (Wildman–Crippen LogP) is 2.87. The minimum Gasteiger partial charge on any atom is -0.294 e. The van der Waals surface area contributed by atoms with Crippen molar-refractivity contribution in [3.8, 4) is 0 Å². The summed E-state index contributed by atoms with van der Waals surface area (Å²) < 4.78 is 0. The van der Waals surface area contributed by atoms with Crippen molar-refractivity contribution in [2.75, 3.05) is 0 Å². The summed E-state index contributed by atoms with van der Waals surface area (Å²) in [6.07, 6.45) is 7.64. The first kappa shape index (κ1) is 16.7. The zero-order chi connectivity index (χ0) is 18.4. The zero-order valence-electron chi connectivity index (χ0n) is 14.1. The molecule has 2 aliphatic rings. The third-order valence-electron chi connectivity index (χ3n) is 5.19. The second-order valence-electron chi connectivity index (χ2n) is 6.31. The summed E-state index contributed by atoms with van der Waals surface area (Å²) in [5.41, 5.74) is -0.864. The van der Waals surface area contributed by atoms with Crippen LogP contribution in [-0.2, 0) is 20.4 Å². The van der Waals surface area contributed by atoms with Crippen LogP contribution in [0.3, 0.4) is 0 Å². The van der Waals surface area contributed by atoms with Gasteiger partial charge in [0.25, 0.3) is 0 Å². The van der Waals surface area contributed by atoms with E-state index in [-0.39, 0.29) is 11.1 Å². The third kappa shape index (κ3) is 1.92. The fourth-order valence-electron chi connectivity index (χ4n) is 4.15. The van der Waals surface area contributed by atoms with Gasteiger partial charge in [-0.2, -0.15) is 0 Å². The van der Waals surface area contributed by atoms with Gasteiger partial charge in [0.15, 0.2) is 0 Å². The van der Waals surface area contributed by atoms with Crippen molar-refractivity contribution in [3.05, 3.63) is 82.9 Å². The molecule has 2 amide bonds. The topological polar surface area (TPSA) is 72.0 Å². The molecule has 130 valence electrons. The number of halogens is 1. The molecule has 3 heterocycles. The second-order valence-corrected chi connectivity index (χ2v) is 6.69. The number of fused-ring (bicyclic) bond motifs is 1. The lowest BCUT2D eigenvalue weighted by molar-refractivity contribution is -0.126. The standard InChI is InChI=1S/C20H16ClN3O2/c1-2-13-7-6-11-19(14-9-5-10-16(21)23-14)17(25)24-18(26)20(13,19)15-8-3-4-12-22-15/h3-12H,2H2,1H3,(H,24,25,26). The number of imide groups is 1. The highest BCUT2D eigenvalue weighted by Gasteiger charge is 2.70. The van der Waals surface area contributed by atoms with Gasteiger partial charge in [-0.1, -0.05) is 48.9 Å². The van der Waals surface area contributed by atoms with E-state index in [0.717, 1.165) is 5.57 Å². The van der Waals surface area contributed by atoms with Crippen molar-refractivity contribution < 1.29 is 9.59 Å². The Morgan fingerprint density at radius 1 is 1.08 bits per heavy atom. The molecule has 2 aromatic rings.